The standard InChI is InChI=1S/C29H42N2O6/c1-7-36-26(35)21-20-13-14-29(37-20)22(21)25(34)31(19(16-32)15-18-11-9-8-10-12-18)23(29)24(33)30-28(5,6)17-27(2,3)4/h8-12,19-23,32H,7,13-17H2,1-6H3,(H,30,33)/t19-,20-,21+,22+,23-,29+/m1/s1. The van der Waals surface area contributed by atoms with Crippen LogP contribution in [0.4, 0.5) is 0 Å². The Balaban J connectivity index is 1.73. The number of carbonyl (C=O) groups is 3. The van der Waals surface area contributed by atoms with Crippen molar-refractivity contribution < 1.29 is 29.0 Å². The van der Waals surface area contributed by atoms with E-state index < -0.39 is 47.1 Å². The Labute approximate surface area is 220 Å². The number of fused-ring (bicyclic) bond motifs is 1. The molecule has 0 aliphatic carbocycles. The van der Waals surface area contributed by atoms with E-state index in [4.69, 9.17) is 9.47 Å². The molecule has 3 saturated heterocycles. The third kappa shape index (κ3) is 5.15. The molecular formula is C29H42N2O6. The molecule has 4 rings (SSSR count). The van der Waals surface area contributed by atoms with Gasteiger partial charge in [-0.2, -0.15) is 0 Å². The zero-order valence-corrected chi connectivity index (χ0v) is 23.0. The number of likely N-dealkylation sites (tertiary alicyclic amines) is 1. The number of nitrogens with one attached hydrogen (secondary N) is 1. The van der Waals surface area contributed by atoms with Gasteiger partial charge in [-0.05, 0) is 57.4 Å². The molecule has 37 heavy (non-hydrogen) atoms. The number of rotatable bonds is 9. The third-order valence-corrected chi connectivity index (χ3v) is 7.90. The number of hydrogen-bond donors (Lipinski definition) is 2. The largest absolute Gasteiger partial charge is 0.466 e. The van der Waals surface area contributed by atoms with Crippen LogP contribution in [-0.2, 0) is 30.3 Å². The molecule has 3 aliphatic heterocycles. The summed E-state index contributed by atoms with van der Waals surface area (Å²) in [4.78, 5) is 42.8. The smallest absolute Gasteiger partial charge is 0.312 e. The number of aliphatic hydroxyl groups is 1. The van der Waals surface area contributed by atoms with Gasteiger partial charge in [-0.1, -0.05) is 51.1 Å². The van der Waals surface area contributed by atoms with Crippen molar-refractivity contribution in [1.82, 2.24) is 10.2 Å². The molecule has 1 aromatic carbocycles. The molecular weight excluding hydrogens is 472 g/mol. The quantitative estimate of drug-likeness (QED) is 0.491. The maximum atomic E-state index is 14.1. The summed E-state index contributed by atoms with van der Waals surface area (Å²) in [6.45, 7) is 11.9. The van der Waals surface area contributed by atoms with E-state index in [1.54, 1.807) is 6.92 Å². The van der Waals surface area contributed by atoms with Crippen LogP contribution >= 0.6 is 0 Å². The maximum Gasteiger partial charge on any atom is 0.312 e. The molecule has 1 spiro atoms. The van der Waals surface area contributed by atoms with Crippen LogP contribution in [0.5, 0.6) is 0 Å². The van der Waals surface area contributed by atoms with E-state index in [1.165, 1.54) is 4.90 Å². The Morgan fingerprint density at radius 1 is 1.22 bits per heavy atom. The fraction of sp³-hybridized carbons (Fsp3) is 0.690. The Morgan fingerprint density at radius 3 is 2.49 bits per heavy atom. The number of esters is 1. The summed E-state index contributed by atoms with van der Waals surface area (Å²) in [5, 5.41) is 13.7. The Hall–Kier alpha value is -2.45. The van der Waals surface area contributed by atoms with Crippen molar-refractivity contribution in [2.24, 2.45) is 17.3 Å². The van der Waals surface area contributed by atoms with Crippen LogP contribution < -0.4 is 5.32 Å². The zero-order chi connectivity index (χ0) is 27.2. The summed E-state index contributed by atoms with van der Waals surface area (Å²) in [5.74, 6) is -2.63. The van der Waals surface area contributed by atoms with E-state index in [-0.39, 0.29) is 30.4 Å². The third-order valence-electron chi connectivity index (χ3n) is 7.90. The Bertz CT molecular complexity index is 1020. The highest BCUT2D eigenvalue weighted by Gasteiger charge is 2.75. The first-order valence-corrected chi connectivity index (χ1v) is 13.5. The molecule has 3 aliphatic rings. The summed E-state index contributed by atoms with van der Waals surface area (Å²) in [7, 11) is 0. The van der Waals surface area contributed by atoms with E-state index in [9.17, 15) is 19.5 Å². The molecule has 8 nitrogen and oxygen atoms in total. The number of amides is 2. The van der Waals surface area contributed by atoms with Crippen LogP contribution in [0.1, 0.15) is 66.4 Å². The molecule has 1 aromatic rings. The van der Waals surface area contributed by atoms with Gasteiger partial charge in [0.25, 0.3) is 0 Å². The maximum absolute atomic E-state index is 14.1. The lowest BCUT2D eigenvalue weighted by atomic mass is 9.70. The second-order valence-corrected chi connectivity index (χ2v) is 12.7. The molecule has 0 saturated carbocycles. The van der Waals surface area contributed by atoms with E-state index in [2.05, 4.69) is 26.1 Å². The second kappa shape index (κ2) is 10.0. The molecule has 2 bridgehead atoms. The highest BCUT2D eigenvalue weighted by atomic mass is 16.6. The monoisotopic (exact) mass is 514 g/mol. The number of carbonyl (C=O) groups excluding carboxylic acids is 3. The molecule has 0 radical (unpaired) electrons. The van der Waals surface area contributed by atoms with Crippen molar-refractivity contribution in [3.63, 3.8) is 0 Å². The molecule has 2 N–H and O–H groups in total. The predicted octanol–water partition coefficient (Wildman–Crippen LogP) is 2.86. The van der Waals surface area contributed by atoms with Gasteiger partial charge < -0.3 is 24.8 Å². The number of hydrogen-bond acceptors (Lipinski definition) is 6. The molecule has 8 heteroatoms. The summed E-state index contributed by atoms with van der Waals surface area (Å²) in [6.07, 6.45) is 1.75. The Kier molecular flexibility index (Phi) is 7.47. The molecule has 3 fully saturated rings. The van der Waals surface area contributed by atoms with E-state index in [0.29, 0.717) is 19.3 Å². The predicted molar refractivity (Wildman–Crippen MR) is 138 cm³/mol. The minimum Gasteiger partial charge on any atom is -0.466 e. The van der Waals surface area contributed by atoms with Gasteiger partial charge in [0, 0.05) is 5.54 Å². The highest BCUT2D eigenvalue weighted by Crippen LogP contribution is 2.59. The number of ether oxygens (including phenoxy) is 2. The van der Waals surface area contributed by atoms with Crippen molar-refractivity contribution >= 4 is 17.8 Å². The first-order chi connectivity index (χ1) is 17.3. The molecule has 0 aromatic heterocycles. The van der Waals surface area contributed by atoms with Gasteiger partial charge in [0.15, 0.2) is 0 Å². The highest BCUT2D eigenvalue weighted by molar-refractivity contribution is 5.98. The van der Waals surface area contributed by atoms with Gasteiger partial charge in [0.1, 0.15) is 11.6 Å². The average molecular weight is 515 g/mol. The van der Waals surface area contributed by atoms with Crippen LogP contribution in [-0.4, -0.2) is 70.3 Å². The molecule has 3 heterocycles. The molecule has 6 atom stereocenters. The van der Waals surface area contributed by atoms with Gasteiger partial charge in [-0.15, -0.1) is 0 Å². The number of aliphatic hydroxyl groups excluding tert-OH is 1. The minimum absolute atomic E-state index is 0.0267. The van der Waals surface area contributed by atoms with E-state index >= 15 is 0 Å². The summed E-state index contributed by atoms with van der Waals surface area (Å²) in [5.41, 5.74) is -0.737. The normalized spacial score (nSPS) is 29.8. The van der Waals surface area contributed by atoms with Gasteiger partial charge in [-0.3, -0.25) is 14.4 Å². The van der Waals surface area contributed by atoms with Crippen molar-refractivity contribution in [3.05, 3.63) is 35.9 Å². The fourth-order valence-corrected chi connectivity index (χ4v) is 7.20. The second-order valence-electron chi connectivity index (χ2n) is 12.7. The average Bonchev–Trinajstić information content (AvgIpc) is 3.43. The summed E-state index contributed by atoms with van der Waals surface area (Å²) < 4.78 is 11.8. The SMILES string of the molecule is CCOC(=O)[C@@H]1[C@H]2C(=O)N([C@@H](CO)Cc3ccccc3)[C@H](C(=O)NC(C)(C)CC(C)(C)C)[C@]23CC[C@H]1O3. The number of benzene rings is 1. The lowest BCUT2D eigenvalue weighted by molar-refractivity contribution is -0.155. The van der Waals surface area contributed by atoms with Crippen LogP contribution in [0.25, 0.3) is 0 Å². The van der Waals surface area contributed by atoms with Gasteiger partial charge in [0.2, 0.25) is 11.8 Å². The first kappa shape index (κ1) is 27.6. The summed E-state index contributed by atoms with van der Waals surface area (Å²) in [6, 6.07) is 8.01. The number of nitrogens with zero attached hydrogens (tertiary/aromatic N) is 1. The Morgan fingerprint density at radius 2 is 1.89 bits per heavy atom. The lowest BCUT2D eigenvalue weighted by Gasteiger charge is -2.40. The van der Waals surface area contributed by atoms with Crippen LogP contribution in [0.2, 0.25) is 0 Å². The molecule has 0 unspecified atom stereocenters. The lowest BCUT2D eigenvalue weighted by Crippen LogP contribution is -2.61. The van der Waals surface area contributed by atoms with E-state index in [1.807, 2.05) is 44.2 Å². The van der Waals surface area contributed by atoms with Gasteiger partial charge in [0.05, 0.1) is 37.2 Å². The van der Waals surface area contributed by atoms with Crippen LogP contribution in [0.15, 0.2) is 30.3 Å². The molecule has 2 amide bonds. The van der Waals surface area contributed by atoms with E-state index in [0.717, 1.165) is 12.0 Å². The summed E-state index contributed by atoms with van der Waals surface area (Å²) >= 11 is 0. The van der Waals surface area contributed by atoms with Crippen molar-refractivity contribution in [2.75, 3.05) is 13.2 Å². The molecule has 204 valence electrons. The van der Waals surface area contributed by atoms with Crippen LogP contribution in [0, 0.1) is 17.3 Å². The van der Waals surface area contributed by atoms with Crippen molar-refractivity contribution in [3.8, 4) is 0 Å². The first-order valence-electron chi connectivity index (χ1n) is 13.5. The minimum atomic E-state index is -1.12. The van der Waals surface area contributed by atoms with Gasteiger partial charge in [-0.25, -0.2) is 0 Å². The topological polar surface area (TPSA) is 105 Å². The van der Waals surface area contributed by atoms with Crippen molar-refractivity contribution in [2.45, 2.75) is 96.6 Å². The van der Waals surface area contributed by atoms with Crippen LogP contribution in [0.3, 0.4) is 0 Å². The fourth-order valence-electron chi connectivity index (χ4n) is 7.20. The van der Waals surface area contributed by atoms with Crippen molar-refractivity contribution in [1.29, 1.82) is 0 Å². The van der Waals surface area contributed by atoms with Gasteiger partial charge >= 0.3 is 5.97 Å². The zero-order valence-electron chi connectivity index (χ0n) is 23.0.